The predicted molar refractivity (Wildman–Crippen MR) is 83.4 cm³/mol. The van der Waals surface area contributed by atoms with Gasteiger partial charge in [-0.25, -0.2) is 4.98 Å². The second-order valence-corrected chi connectivity index (χ2v) is 5.69. The first-order valence-corrected chi connectivity index (χ1v) is 7.78. The summed E-state index contributed by atoms with van der Waals surface area (Å²) in [5.41, 5.74) is 0.567. The summed E-state index contributed by atoms with van der Waals surface area (Å²) >= 11 is 0. The predicted octanol–water partition coefficient (Wildman–Crippen LogP) is 2.28. The second kappa shape index (κ2) is 7.41. The molecule has 0 aliphatic heterocycles. The number of carbonyl (C=O) groups is 1. The molecular formula is C16H25N3O2. The van der Waals surface area contributed by atoms with E-state index in [1.54, 1.807) is 24.2 Å². The van der Waals surface area contributed by atoms with E-state index < -0.39 is 6.10 Å². The van der Waals surface area contributed by atoms with Crippen molar-refractivity contribution in [2.45, 2.75) is 51.2 Å². The van der Waals surface area contributed by atoms with Crippen molar-refractivity contribution in [3.63, 3.8) is 0 Å². The number of nitrogens with one attached hydrogen (secondary N) is 1. The summed E-state index contributed by atoms with van der Waals surface area (Å²) in [6.07, 6.45) is 5.98. The first-order chi connectivity index (χ1) is 10.1. The van der Waals surface area contributed by atoms with Crippen LogP contribution in [0.3, 0.4) is 0 Å². The molecule has 116 valence electrons. The van der Waals surface area contributed by atoms with Gasteiger partial charge in [0, 0.05) is 19.8 Å². The van der Waals surface area contributed by atoms with Crippen molar-refractivity contribution in [3.05, 3.63) is 23.9 Å². The van der Waals surface area contributed by atoms with Crippen LogP contribution >= 0.6 is 0 Å². The summed E-state index contributed by atoms with van der Waals surface area (Å²) in [5.74, 6) is 0.712. The monoisotopic (exact) mass is 291 g/mol. The lowest BCUT2D eigenvalue weighted by Crippen LogP contribution is -2.46. The molecular weight excluding hydrogens is 266 g/mol. The molecule has 0 spiro atoms. The molecule has 0 saturated heterocycles. The van der Waals surface area contributed by atoms with Crippen LogP contribution in [0.15, 0.2) is 18.3 Å². The van der Waals surface area contributed by atoms with Crippen LogP contribution in [-0.2, 0) is 0 Å². The standard InChI is InChI=1S/C16H25N3O2/c1-3-10-17-15-9-8-12(11-18-15)16(21)19(2)13-6-4-5-7-14(13)20/h8-9,11,13-14,20H,3-7,10H2,1-2H3,(H,17,18). The van der Waals surface area contributed by atoms with Gasteiger partial charge in [-0.2, -0.15) is 0 Å². The lowest BCUT2D eigenvalue weighted by molar-refractivity contribution is 0.0268. The molecule has 0 radical (unpaired) electrons. The van der Waals surface area contributed by atoms with Gasteiger partial charge in [0.25, 0.3) is 5.91 Å². The Kier molecular flexibility index (Phi) is 5.56. The van der Waals surface area contributed by atoms with Gasteiger partial charge in [-0.15, -0.1) is 0 Å². The molecule has 1 aliphatic carbocycles. The Hall–Kier alpha value is -1.62. The highest BCUT2D eigenvalue weighted by Crippen LogP contribution is 2.23. The Labute approximate surface area is 126 Å². The molecule has 0 bridgehead atoms. The van der Waals surface area contributed by atoms with Gasteiger partial charge in [-0.05, 0) is 31.4 Å². The lowest BCUT2D eigenvalue weighted by Gasteiger charge is -2.35. The van der Waals surface area contributed by atoms with E-state index in [9.17, 15) is 9.90 Å². The fourth-order valence-electron chi connectivity index (χ4n) is 2.78. The van der Waals surface area contributed by atoms with E-state index in [2.05, 4.69) is 17.2 Å². The first-order valence-electron chi connectivity index (χ1n) is 7.78. The van der Waals surface area contributed by atoms with E-state index in [0.29, 0.717) is 5.56 Å². The van der Waals surface area contributed by atoms with E-state index in [0.717, 1.165) is 44.5 Å². The number of likely N-dealkylation sites (N-methyl/N-ethyl adjacent to an activating group) is 1. The molecule has 1 aromatic rings. The van der Waals surface area contributed by atoms with Crippen molar-refractivity contribution in [1.82, 2.24) is 9.88 Å². The van der Waals surface area contributed by atoms with Crippen molar-refractivity contribution in [2.24, 2.45) is 0 Å². The van der Waals surface area contributed by atoms with Crippen molar-refractivity contribution in [2.75, 3.05) is 18.9 Å². The van der Waals surface area contributed by atoms with Crippen LogP contribution < -0.4 is 5.32 Å². The zero-order valence-electron chi connectivity index (χ0n) is 12.9. The molecule has 2 atom stereocenters. The van der Waals surface area contributed by atoms with E-state index in [1.807, 2.05) is 6.07 Å². The smallest absolute Gasteiger partial charge is 0.255 e. The fourth-order valence-corrected chi connectivity index (χ4v) is 2.78. The SMILES string of the molecule is CCCNc1ccc(C(=O)N(C)C2CCCCC2O)cn1. The minimum Gasteiger partial charge on any atom is -0.391 e. The summed E-state index contributed by atoms with van der Waals surface area (Å²) in [7, 11) is 1.77. The molecule has 1 aromatic heterocycles. The number of anilines is 1. The van der Waals surface area contributed by atoms with Crippen LogP contribution in [-0.4, -0.2) is 46.6 Å². The summed E-state index contributed by atoms with van der Waals surface area (Å²) in [4.78, 5) is 18.4. The number of carbonyl (C=O) groups excluding carboxylic acids is 1. The highest BCUT2D eigenvalue weighted by atomic mass is 16.3. The molecule has 1 aliphatic rings. The van der Waals surface area contributed by atoms with Crippen LogP contribution in [0.25, 0.3) is 0 Å². The molecule has 1 fully saturated rings. The Morgan fingerprint density at radius 1 is 1.43 bits per heavy atom. The Balaban J connectivity index is 2.01. The number of aliphatic hydroxyl groups is 1. The van der Waals surface area contributed by atoms with Crippen LogP contribution in [0, 0.1) is 0 Å². The molecule has 1 amide bonds. The molecule has 2 rings (SSSR count). The second-order valence-electron chi connectivity index (χ2n) is 5.69. The van der Waals surface area contributed by atoms with Crippen molar-refractivity contribution < 1.29 is 9.90 Å². The topological polar surface area (TPSA) is 65.5 Å². The van der Waals surface area contributed by atoms with Crippen LogP contribution in [0.4, 0.5) is 5.82 Å². The van der Waals surface area contributed by atoms with Gasteiger partial charge in [0.15, 0.2) is 0 Å². The zero-order chi connectivity index (χ0) is 15.2. The number of aromatic nitrogens is 1. The first kappa shape index (κ1) is 15.8. The van der Waals surface area contributed by atoms with Crippen molar-refractivity contribution in [3.8, 4) is 0 Å². The molecule has 5 nitrogen and oxygen atoms in total. The van der Waals surface area contributed by atoms with Crippen LogP contribution in [0.2, 0.25) is 0 Å². The summed E-state index contributed by atoms with van der Waals surface area (Å²) in [6, 6.07) is 3.54. The maximum absolute atomic E-state index is 12.5. The zero-order valence-corrected chi connectivity index (χ0v) is 12.9. The minimum atomic E-state index is -0.411. The Morgan fingerprint density at radius 2 is 2.19 bits per heavy atom. The quantitative estimate of drug-likeness (QED) is 0.873. The number of amides is 1. The van der Waals surface area contributed by atoms with Gasteiger partial charge in [0.05, 0.1) is 17.7 Å². The number of pyridine rings is 1. The molecule has 5 heteroatoms. The minimum absolute atomic E-state index is 0.0736. The van der Waals surface area contributed by atoms with Gasteiger partial charge < -0.3 is 15.3 Å². The summed E-state index contributed by atoms with van der Waals surface area (Å²) in [5, 5.41) is 13.2. The Bertz CT molecular complexity index is 461. The largest absolute Gasteiger partial charge is 0.391 e. The maximum Gasteiger partial charge on any atom is 0.255 e. The summed E-state index contributed by atoms with van der Waals surface area (Å²) in [6.45, 7) is 2.96. The van der Waals surface area contributed by atoms with Crippen molar-refractivity contribution >= 4 is 11.7 Å². The van der Waals surface area contributed by atoms with Gasteiger partial charge in [-0.3, -0.25) is 4.79 Å². The molecule has 0 aromatic carbocycles. The highest BCUT2D eigenvalue weighted by molar-refractivity contribution is 5.94. The third kappa shape index (κ3) is 3.94. The van der Waals surface area contributed by atoms with Gasteiger partial charge in [-0.1, -0.05) is 19.8 Å². The molecule has 21 heavy (non-hydrogen) atoms. The maximum atomic E-state index is 12.5. The van der Waals surface area contributed by atoms with E-state index in [-0.39, 0.29) is 11.9 Å². The lowest BCUT2D eigenvalue weighted by atomic mass is 9.91. The van der Waals surface area contributed by atoms with E-state index in [1.165, 1.54) is 0 Å². The number of hydrogen-bond acceptors (Lipinski definition) is 4. The third-order valence-corrected chi connectivity index (χ3v) is 4.08. The van der Waals surface area contributed by atoms with Crippen LogP contribution in [0.1, 0.15) is 49.4 Å². The summed E-state index contributed by atoms with van der Waals surface area (Å²) < 4.78 is 0. The van der Waals surface area contributed by atoms with E-state index >= 15 is 0 Å². The molecule has 2 N–H and O–H groups in total. The molecule has 1 saturated carbocycles. The average Bonchev–Trinajstić information content (AvgIpc) is 2.52. The number of nitrogens with zero attached hydrogens (tertiary/aromatic N) is 2. The normalized spacial score (nSPS) is 21.9. The molecule has 2 unspecified atom stereocenters. The Morgan fingerprint density at radius 3 is 2.81 bits per heavy atom. The molecule has 1 heterocycles. The highest BCUT2D eigenvalue weighted by Gasteiger charge is 2.29. The third-order valence-electron chi connectivity index (χ3n) is 4.08. The number of aliphatic hydroxyl groups excluding tert-OH is 1. The number of hydrogen-bond donors (Lipinski definition) is 2. The fraction of sp³-hybridized carbons (Fsp3) is 0.625. The van der Waals surface area contributed by atoms with E-state index in [4.69, 9.17) is 0 Å². The van der Waals surface area contributed by atoms with Gasteiger partial charge in [0.2, 0.25) is 0 Å². The van der Waals surface area contributed by atoms with Gasteiger partial charge in [0.1, 0.15) is 5.82 Å². The number of rotatable bonds is 5. The van der Waals surface area contributed by atoms with Crippen molar-refractivity contribution in [1.29, 1.82) is 0 Å². The van der Waals surface area contributed by atoms with Crippen LogP contribution in [0.5, 0.6) is 0 Å². The average molecular weight is 291 g/mol. The van der Waals surface area contributed by atoms with Gasteiger partial charge >= 0.3 is 0 Å².